The van der Waals surface area contributed by atoms with Crippen LogP contribution in [0.1, 0.15) is 41.4 Å². The molecule has 8 heteroatoms. The summed E-state index contributed by atoms with van der Waals surface area (Å²) in [6.07, 6.45) is 1.64. The maximum absolute atomic E-state index is 13.3. The molecule has 4 rings (SSSR count). The lowest BCUT2D eigenvalue weighted by molar-refractivity contribution is 0.0505. The van der Waals surface area contributed by atoms with Crippen LogP contribution in [0.4, 0.5) is 0 Å². The molecule has 0 N–H and O–H groups in total. The molecule has 0 spiro atoms. The van der Waals surface area contributed by atoms with Crippen LogP contribution >= 0.6 is 0 Å². The van der Waals surface area contributed by atoms with Crippen molar-refractivity contribution in [3.8, 4) is 17.2 Å². The van der Waals surface area contributed by atoms with Crippen LogP contribution < -0.4 is 14.9 Å². The quantitative estimate of drug-likeness (QED) is 0.332. The van der Waals surface area contributed by atoms with Crippen molar-refractivity contribution in [2.75, 3.05) is 33.6 Å². The van der Waals surface area contributed by atoms with Gasteiger partial charge in [0.2, 0.25) is 11.2 Å². The van der Waals surface area contributed by atoms with Gasteiger partial charge in [0.05, 0.1) is 23.1 Å². The fraction of sp³-hybridized carbons (Fsp3) is 0.385. The summed E-state index contributed by atoms with van der Waals surface area (Å²) < 4.78 is 28.1. The molecule has 0 saturated heterocycles. The second-order valence-corrected chi connectivity index (χ2v) is 8.17. The first-order chi connectivity index (χ1) is 16.5. The van der Waals surface area contributed by atoms with E-state index in [9.17, 15) is 9.59 Å². The summed E-state index contributed by atoms with van der Waals surface area (Å²) >= 11 is 0. The van der Waals surface area contributed by atoms with Gasteiger partial charge >= 0.3 is 5.97 Å². The highest BCUT2D eigenvalue weighted by atomic mass is 16.5. The van der Waals surface area contributed by atoms with Gasteiger partial charge in [-0.1, -0.05) is 6.92 Å². The summed E-state index contributed by atoms with van der Waals surface area (Å²) in [4.78, 5) is 27.4. The third kappa shape index (κ3) is 5.08. The molecule has 1 aliphatic rings. The summed E-state index contributed by atoms with van der Waals surface area (Å²) in [5.74, 6) is 1.24. The maximum atomic E-state index is 13.3. The Morgan fingerprint density at radius 1 is 1.12 bits per heavy atom. The number of aryl methyl sites for hydroxylation is 1. The van der Waals surface area contributed by atoms with Crippen molar-refractivity contribution >= 4 is 16.9 Å². The molecule has 0 atom stereocenters. The molecule has 180 valence electrons. The molecule has 2 heterocycles. The molecular formula is C26H29NO7. The van der Waals surface area contributed by atoms with E-state index in [1.807, 2.05) is 6.92 Å². The van der Waals surface area contributed by atoms with Gasteiger partial charge in [-0.3, -0.25) is 9.69 Å². The van der Waals surface area contributed by atoms with Crippen molar-refractivity contribution in [2.24, 2.45) is 0 Å². The number of carbonyl (C=O) groups is 1. The zero-order valence-corrected chi connectivity index (χ0v) is 19.7. The van der Waals surface area contributed by atoms with Crippen LogP contribution in [0.5, 0.6) is 17.2 Å². The number of ether oxygens (including phenoxy) is 4. The number of nitrogens with zero attached hydrogens (tertiary/aromatic N) is 1. The number of rotatable bonds is 9. The minimum Gasteiger partial charge on any atom is -0.478 e. The van der Waals surface area contributed by atoms with Gasteiger partial charge < -0.3 is 23.4 Å². The predicted octanol–water partition coefficient (Wildman–Crippen LogP) is 4.65. The topological polar surface area (TPSA) is 87.4 Å². The van der Waals surface area contributed by atoms with Gasteiger partial charge in [-0.2, -0.15) is 0 Å². The van der Waals surface area contributed by atoms with E-state index in [2.05, 4.69) is 4.90 Å². The fourth-order valence-corrected chi connectivity index (χ4v) is 3.85. The van der Waals surface area contributed by atoms with Crippen molar-refractivity contribution in [3.05, 3.63) is 63.5 Å². The van der Waals surface area contributed by atoms with E-state index >= 15 is 0 Å². The van der Waals surface area contributed by atoms with Crippen LogP contribution in [0.15, 0.2) is 45.6 Å². The molecule has 0 saturated carbocycles. The molecule has 0 amide bonds. The van der Waals surface area contributed by atoms with E-state index in [1.54, 1.807) is 50.4 Å². The monoisotopic (exact) mass is 467 g/mol. The number of benzene rings is 2. The first kappa shape index (κ1) is 23.8. The largest absolute Gasteiger partial charge is 0.478 e. The summed E-state index contributed by atoms with van der Waals surface area (Å²) in [6, 6.07) is 9.99. The van der Waals surface area contributed by atoms with Crippen molar-refractivity contribution in [1.82, 2.24) is 4.90 Å². The number of carbonyl (C=O) groups excluding carboxylic acids is 1. The summed E-state index contributed by atoms with van der Waals surface area (Å²) in [6.45, 7) is 6.59. The Morgan fingerprint density at radius 3 is 2.65 bits per heavy atom. The van der Waals surface area contributed by atoms with E-state index < -0.39 is 5.97 Å². The summed E-state index contributed by atoms with van der Waals surface area (Å²) in [5, 5.41) is 0.432. The molecule has 0 aliphatic carbocycles. The fourth-order valence-electron chi connectivity index (χ4n) is 3.85. The molecule has 0 unspecified atom stereocenters. The van der Waals surface area contributed by atoms with Crippen LogP contribution in [0.25, 0.3) is 11.0 Å². The molecule has 8 nitrogen and oxygen atoms in total. The average molecular weight is 468 g/mol. The SMILES string of the molecule is CCCOC(=O)c1ccc(Oc2c(C)oc3c4c(ccc3c2=O)OCN(CCCOC)C4)cc1. The molecule has 34 heavy (non-hydrogen) atoms. The zero-order valence-electron chi connectivity index (χ0n) is 19.7. The van der Waals surface area contributed by atoms with E-state index in [0.717, 1.165) is 30.7 Å². The zero-order chi connectivity index (χ0) is 24.1. The highest BCUT2D eigenvalue weighted by Crippen LogP contribution is 2.34. The minimum atomic E-state index is -0.391. The van der Waals surface area contributed by atoms with Gasteiger partial charge in [-0.05, 0) is 56.2 Å². The molecule has 0 bridgehead atoms. The third-order valence-corrected chi connectivity index (χ3v) is 5.60. The number of hydrogen-bond donors (Lipinski definition) is 0. The highest BCUT2D eigenvalue weighted by Gasteiger charge is 2.24. The molecule has 1 aromatic heterocycles. The van der Waals surface area contributed by atoms with E-state index in [1.165, 1.54) is 0 Å². The molecule has 1 aliphatic heterocycles. The normalized spacial score (nSPS) is 13.4. The van der Waals surface area contributed by atoms with Gasteiger partial charge in [0.25, 0.3) is 0 Å². The molecule has 0 fully saturated rings. The Kier molecular flexibility index (Phi) is 7.49. The third-order valence-electron chi connectivity index (χ3n) is 5.60. The van der Waals surface area contributed by atoms with Crippen LogP contribution in [-0.4, -0.2) is 44.5 Å². The van der Waals surface area contributed by atoms with E-state index in [-0.39, 0.29) is 11.2 Å². The van der Waals surface area contributed by atoms with Crippen molar-refractivity contribution in [1.29, 1.82) is 0 Å². The predicted molar refractivity (Wildman–Crippen MR) is 127 cm³/mol. The Bertz CT molecular complexity index is 1220. The number of esters is 1. The summed E-state index contributed by atoms with van der Waals surface area (Å²) in [7, 11) is 1.68. The van der Waals surface area contributed by atoms with Gasteiger partial charge in [-0.15, -0.1) is 0 Å². The Labute approximate surface area is 198 Å². The van der Waals surface area contributed by atoms with E-state index in [0.29, 0.717) is 54.5 Å². The Hall–Kier alpha value is -3.36. The first-order valence-electron chi connectivity index (χ1n) is 11.4. The lowest BCUT2D eigenvalue weighted by atomic mass is 10.1. The smallest absolute Gasteiger partial charge is 0.338 e. The highest BCUT2D eigenvalue weighted by molar-refractivity contribution is 5.89. The van der Waals surface area contributed by atoms with Gasteiger partial charge in [0, 0.05) is 26.8 Å². The molecule has 2 aromatic carbocycles. The summed E-state index contributed by atoms with van der Waals surface area (Å²) in [5.41, 5.74) is 1.52. The Balaban J connectivity index is 1.58. The van der Waals surface area contributed by atoms with E-state index in [4.69, 9.17) is 23.4 Å². The first-order valence-corrected chi connectivity index (χ1v) is 11.4. The minimum absolute atomic E-state index is 0.113. The number of hydrogen-bond acceptors (Lipinski definition) is 8. The Morgan fingerprint density at radius 2 is 1.91 bits per heavy atom. The maximum Gasteiger partial charge on any atom is 0.338 e. The molecule has 0 radical (unpaired) electrons. The lowest BCUT2D eigenvalue weighted by Gasteiger charge is -2.29. The molecule has 3 aromatic rings. The van der Waals surface area contributed by atoms with Crippen LogP contribution in [0.3, 0.4) is 0 Å². The van der Waals surface area contributed by atoms with Crippen LogP contribution in [-0.2, 0) is 16.0 Å². The van der Waals surface area contributed by atoms with Crippen molar-refractivity contribution < 1.29 is 28.2 Å². The standard InChI is InChI=1S/C26H29NO7/c1-4-13-31-26(29)18-6-8-19(9-7-18)34-24-17(2)33-25-20(23(24)28)10-11-22-21(25)15-27(16-32-22)12-5-14-30-3/h6-11H,4-5,12-16H2,1-3H3. The van der Waals surface area contributed by atoms with Crippen LogP contribution in [0.2, 0.25) is 0 Å². The van der Waals surface area contributed by atoms with Crippen molar-refractivity contribution in [2.45, 2.75) is 33.2 Å². The average Bonchev–Trinajstić information content (AvgIpc) is 2.85. The second kappa shape index (κ2) is 10.7. The number of methoxy groups -OCH3 is 1. The van der Waals surface area contributed by atoms with Gasteiger partial charge in [-0.25, -0.2) is 4.79 Å². The molecular weight excluding hydrogens is 438 g/mol. The number of fused-ring (bicyclic) bond motifs is 3. The van der Waals surface area contributed by atoms with Gasteiger partial charge in [0.1, 0.15) is 29.6 Å². The van der Waals surface area contributed by atoms with Crippen LogP contribution in [0, 0.1) is 6.92 Å². The van der Waals surface area contributed by atoms with Gasteiger partial charge in [0.15, 0.2) is 0 Å². The van der Waals surface area contributed by atoms with Crippen molar-refractivity contribution in [3.63, 3.8) is 0 Å². The lowest BCUT2D eigenvalue weighted by Crippen LogP contribution is -2.33. The second-order valence-electron chi connectivity index (χ2n) is 8.17.